The number of nitro benzene ring substituents is 1. The number of rotatable bonds is 11. The molecule has 0 radical (unpaired) electrons. The highest BCUT2D eigenvalue weighted by atomic mass is 16.6. The molecule has 0 atom stereocenters. The fraction of sp³-hybridized carbons (Fsp3) is 0.700. The maximum absolute atomic E-state index is 11.2. The fourth-order valence-corrected chi connectivity index (χ4v) is 2.53. The molecule has 0 aliphatic heterocycles. The zero-order valence-electron chi connectivity index (χ0n) is 16.3. The van der Waals surface area contributed by atoms with Gasteiger partial charge in [0.15, 0.2) is 5.75 Å². The third-order valence-corrected chi connectivity index (χ3v) is 5.21. The number of unbranched alkanes of at least 4 members (excludes halogenated alkanes) is 3. The van der Waals surface area contributed by atoms with Crippen LogP contribution in [0.15, 0.2) is 12.1 Å². The van der Waals surface area contributed by atoms with E-state index in [1.807, 2.05) is 0 Å². The highest BCUT2D eigenvalue weighted by Crippen LogP contribution is 2.38. The molecule has 25 heavy (non-hydrogen) atoms. The van der Waals surface area contributed by atoms with Crippen LogP contribution >= 0.6 is 0 Å². The van der Waals surface area contributed by atoms with Crippen molar-refractivity contribution in [2.75, 3.05) is 6.61 Å². The van der Waals surface area contributed by atoms with Crippen LogP contribution < -0.4 is 4.74 Å². The summed E-state index contributed by atoms with van der Waals surface area (Å²) in [7, 11) is 0. The van der Waals surface area contributed by atoms with Gasteiger partial charge in [-0.2, -0.15) is 0 Å². The van der Waals surface area contributed by atoms with Gasteiger partial charge in [0, 0.05) is 5.56 Å². The summed E-state index contributed by atoms with van der Waals surface area (Å²) < 4.78 is 5.70. The maximum atomic E-state index is 11.2. The van der Waals surface area contributed by atoms with E-state index in [2.05, 4.69) is 34.6 Å². The number of nitro groups is 1. The molecule has 0 fully saturated rings. The van der Waals surface area contributed by atoms with Gasteiger partial charge in [0.05, 0.1) is 17.6 Å². The summed E-state index contributed by atoms with van der Waals surface area (Å²) in [6.07, 6.45) is 5.76. The van der Waals surface area contributed by atoms with E-state index in [0.717, 1.165) is 32.1 Å². The molecule has 1 aromatic rings. The van der Waals surface area contributed by atoms with Crippen LogP contribution in [0.5, 0.6) is 11.5 Å². The number of nitrogens with zero attached hydrogens (tertiary/aromatic N) is 1. The number of phenols is 1. The summed E-state index contributed by atoms with van der Waals surface area (Å²) in [5.74, 6) is 0.726. The summed E-state index contributed by atoms with van der Waals surface area (Å²) in [6.45, 7) is 11.4. The molecule has 5 heteroatoms. The molecule has 0 bridgehead atoms. The Kier molecular flexibility index (Phi) is 8.20. The zero-order valence-corrected chi connectivity index (χ0v) is 16.3. The van der Waals surface area contributed by atoms with Gasteiger partial charge in [0.2, 0.25) is 0 Å². The molecule has 0 saturated heterocycles. The molecule has 0 aliphatic carbocycles. The largest absolute Gasteiger partial charge is 0.502 e. The first kappa shape index (κ1) is 21.3. The lowest BCUT2D eigenvalue weighted by Crippen LogP contribution is -2.19. The van der Waals surface area contributed by atoms with Gasteiger partial charge in [-0.05, 0) is 36.7 Å². The Morgan fingerprint density at radius 1 is 1.24 bits per heavy atom. The van der Waals surface area contributed by atoms with Crippen molar-refractivity contribution in [3.63, 3.8) is 0 Å². The van der Waals surface area contributed by atoms with Crippen LogP contribution in [-0.2, 0) is 6.42 Å². The predicted molar refractivity (Wildman–Crippen MR) is 101 cm³/mol. The molecule has 0 spiro atoms. The SMILES string of the molecule is CCCCCCOc1cc(CCC(C)(C)C(C)C)c(O)c([N+](=O)[O-])c1. The monoisotopic (exact) mass is 351 g/mol. The van der Waals surface area contributed by atoms with Gasteiger partial charge < -0.3 is 9.84 Å². The van der Waals surface area contributed by atoms with Crippen LogP contribution in [0.2, 0.25) is 0 Å². The molecular formula is C20H33NO4. The van der Waals surface area contributed by atoms with E-state index >= 15 is 0 Å². The van der Waals surface area contributed by atoms with Gasteiger partial charge in [0.25, 0.3) is 0 Å². The van der Waals surface area contributed by atoms with E-state index in [1.54, 1.807) is 6.07 Å². The molecule has 142 valence electrons. The quantitative estimate of drug-likeness (QED) is 0.307. The van der Waals surface area contributed by atoms with Crippen molar-refractivity contribution in [1.29, 1.82) is 0 Å². The minimum absolute atomic E-state index is 0.0955. The molecule has 1 N–H and O–H groups in total. The second-order valence-electron chi connectivity index (χ2n) is 7.76. The van der Waals surface area contributed by atoms with E-state index < -0.39 is 4.92 Å². The topological polar surface area (TPSA) is 72.6 Å². The van der Waals surface area contributed by atoms with Crippen LogP contribution in [-0.4, -0.2) is 16.6 Å². The molecule has 1 rings (SSSR count). The average Bonchev–Trinajstić information content (AvgIpc) is 2.54. The maximum Gasteiger partial charge on any atom is 0.314 e. The first-order valence-corrected chi connectivity index (χ1v) is 9.32. The second-order valence-corrected chi connectivity index (χ2v) is 7.76. The Hall–Kier alpha value is -1.78. The minimum atomic E-state index is -0.545. The number of benzene rings is 1. The molecule has 0 heterocycles. The highest BCUT2D eigenvalue weighted by molar-refractivity contribution is 5.55. The van der Waals surface area contributed by atoms with Gasteiger partial charge in [0.1, 0.15) is 5.75 Å². The molecule has 0 unspecified atom stereocenters. The Morgan fingerprint density at radius 2 is 1.92 bits per heavy atom. The van der Waals surface area contributed by atoms with Crippen molar-refractivity contribution in [3.8, 4) is 11.5 Å². The van der Waals surface area contributed by atoms with E-state index in [0.29, 0.717) is 30.3 Å². The lowest BCUT2D eigenvalue weighted by Gasteiger charge is -2.29. The Labute approximate surface area is 151 Å². The Morgan fingerprint density at radius 3 is 2.48 bits per heavy atom. The molecule has 0 aliphatic rings. The predicted octanol–water partition coefficient (Wildman–Crippen LogP) is 5.87. The first-order chi connectivity index (χ1) is 11.7. The van der Waals surface area contributed by atoms with Crippen molar-refractivity contribution >= 4 is 5.69 Å². The summed E-state index contributed by atoms with van der Waals surface area (Å²) in [5.41, 5.74) is 0.410. The van der Waals surface area contributed by atoms with Gasteiger partial charge >= 0.3 is 5.69 Å². The zero-order chi connectivity index (χ0) is 19.0. The van der Waals surface area contributed by atoms with Crippen molar-refractivity contribution in [2.24, 2.45) is 11.3 Å². The molecular weight excluding hydrogens is 318 g/mol. The smallest absolute Gasteiger partial charge is 0.314 e. The van der Waals surface area contributed by atoms with E-state index in [1.165, 1.54) is 6.07 Å². The van der Waals surface area contributed by atoms with Crippen molar-refractivity contribution < 1.29 is 14.8 Å². The number of ether oxygens (including phenoxy) is 1. The summed E-state index contributed by atoms with van der Waals surface area (Å²) >= 11 is 0. The number of phenolic OH excluding ortho intramolecular Hbond substituents is 1. The minimum Gasteiger partial charge on any atom is -0.502 e. The van der Waals surface area contributed by atoms with Crippen LogP contribution in [0.4, 0.5) is 5.69 Å². The van der Waals surface area contributed by atoms with Gasteiger partial charge in [-0.25, -0.2) is 0 Å². The van der Waals surface area contributed by atoms with Crippen LogP contribution in [0.3, 0.4) is 0 Å². The van der Waals surface area contributed by atoms with E-state index in [9.17, 15) is 15.2 Å². The van der Waals surface area contributed by atoms with Gasteiger partial charge in [-0.3, -0.25) is 10.1 Å². The number of aromatic hydroxyl groups is 1. The highest BCUT2D eigenvalue weighted by Gasteiger charge is 2.25. The van der Waals surface area contributed by atoms with Crippen molar-refractivity contribution in [2.45, 2.75) is 73.1 Å². The van der Waals surface area contributed by atoms with E-state index in [4.69, 9.17) is 4.74 Å². The molecule has 5 nitrogen and oxygen atoms in total. The van der Waals surface area contributed by atoms with E-state index in [-0.39, 0.29) is 16.9 Å². The number of aryl methyl sites for hydroxylation is 1. The van der Waals surface area contributed by atoms with Crippen LogP contribution in [0, 0.1) is 21.4 Å². The van der Waals surface area contributed by atoms with Crippen LogP contribution in [0.1, 0.15) is 72.3 Å². The lowest BCUT2D eigenvalue weighted by molar-refractivity contribution is -0.386. The standard InChI is InChI=1S/C20H33NO4/c1-6-7-8-9-12-25-17-13-16(10-11-20(4,5)15(2)3)19(22)18(14-17)21(23)24/h13-15,22H,6-12H2,1-5H3. The molecule has 0 amide bonds. The normalized spacial score (nSPS) is 11.8. The number of hydrogen-bond donors (Lipinski definition) is 1. The summed E-state index contributed by atoms with van der Waals surface area (Å²) in [4.78, 5) is 10.7. The van der Waals surface area contributed by atoms with Crippen molar-refractivity contribution in [1.82, 2.24) is 0 Å². The fourth-order valence-electron chi connectivity index (χ4n) is 2.53. The lowest BCUT2D eigenvalue weighted by atomic mass is 9.76. The second kappa shape index (κ2) is 9.64. The van der Waals surface area contributed by atoms with Crippen molar-refractivity contribution in [3.05, 3.63) is 27.8 Å². The Bertz CT molecular complexity index is 567. The van der Waals surface area contributed by atoms with Crippen LogP contribution in [0.25, 0.3) is 0 Å². The molecule has 1 aromatic carbocycles. The first-order valence-electron chi connectivity index (χ1n) is 9.32. The summed E-state index contributed by atoms with van der Waals surface area (Å²) in [6, 6.07) is 3.07. The average molecular weight is 351 g/mol. The molecule has 0 saturated carbocycles. The Balaban J connectivity index is 2.89. The van der Waals surface area contributed by atoms with Gasteiger partial charge in [-0.1, -0.05) is 53.9 Å². The van der Waals surface area contributed by atoms with Gasteiger partial charge in [-0.15, -0.1) is 0 Å². The third kappa shape index (κ3) is 6.56. The third-order valence-electron chi connectivity index (χ3n) is 5.21. The molecule has 0 aromatic heterocycles. The summed E-state index contributed by atoms with van der Waals surface area (Å²) in [5, 5.41) is 21.5. The number of hydrogen-bond acceptors (Lipinski definition) is 4.